The molecule has 0 aliphatic carbocycles. The maximum Gasteiger partial charge on any atom is 0.116 e. The summed E-state index contributed by atoms with van der Waals surface area (Å²) in [6, 6.07) is 11.6. The molecule has 2 heteroatoms. The van der Waals surface area contributed by atoms with Crippen LogP contribution in [0.4, 0.5) is 0 Å². The molecule has 0 radical (unpaired) electrons. The number of rotatable bonds is 1. The molecule has 13 heavy (non-hydrogen) atoms. The molecule has 0 aromatic heterocycles. The Morgan fingerprint density at radius 2 is 1.77 bits per heavy atom. The van der Waals surface area contributed by atoms with Gasteiger partial charge in [-0.3, -0.25) is 0 Å². The number of hydrogen-bond donors (Lipinski definition) is 1. The van der Waals surface area contributed by atoms with Crippen LogP contribution in [-0.4, -0.2) is 5.11 Å². The Balaban J connectivity index is 2.68. The number of aromatic hydroxyl groups is 1. The summed E-state index contributed by atoms with van der Waals surface area (Å²) in [7, 11) is 0. The molecule has 2 rings (SSSR count). The van der Waals surface area contributed by atoms with E-state index in [0.29, 0.717) is 5.75 Å². The minimum Gasteiger partial charge on any atom is -0.508 e. The molecule has 66 valence electrons. The van der Waals surface area contributed by atoms with Crippen LogP contribution in [0.2, 0.25) is 0 Å². The second-order valence-corrected chi connectivity index (χ2v) is 3.56. The molecule has 0 fully saturated rings. The molecule has 0 atom stereocenters. The predicted molar refractivity (Wildman–Crippen MR) is 58.2 cm³/mol. The van der Waals surface area contributed by atoms with Gasteiger partial charge >= 0.3 is 0 Å². The van der Waals surface area contributed by atoms with Crippen molar-refractivity contribution >= 4 is 26.7 Å². The number of hydrogen-bond acceptors (Lipinski definition) is 1. The quantitative estimate of drug-likeness (QED) is 0.753. The van der Waals surface area contributed by atoms with Gasteiger partial charge in [-0.05, 0) is 28.5 Å². The Morgan fingerprint density at radius 3 is 2.54 bits per heavy atom. The highest BCUT2D eigenvalue weighted by Gasteiger charge is 1.96. The standard InChI is InChI=1S/C11H9BrO/c12-7-8-1-2-9-3-4-11(13)6-10(9)5-8/h1-6,13H,7H2. The first kappa shape index (κ1) is 8.57. The lowest BCUT2D eigenvalue weighted by Crippen LogP contribution is -1.78. The van der Waals surface area contributed by atoms with E-state index in [1.807, 2.05) is 6.07 Å². The molecular weight excluding hydrogens is 228 g/mol. The number of alkyl halides is 1. The van der Waals surface area contributed by atoms with Crippen LogP contribution in [0.3, 0.4) is 0 Å². The number of fused-ring (bicyclic) bond motifs is 1. The van der Waals surface area contributed by atoms with Crippen molar-refractivity contribution in [3.63, 3.8) is 0 Å². The fourth-order valence-electron chi connectivity index (χ4n) is 1.37. The van der Waals surface area contributed by atoms with E-state index in [2.05, 4.69) is 34.1 Å². The summed E-state index contributed by atoms with van der Waals surface area (Å²) in [6.45, 7) is 0. The largest absolute Gasteiger partial charge is 0.508 e. The highest BCUT2D eigenvalue weighted by atomic mass is 79.9. The molecule has 0 spiro atoms. The lowest BCUT2D eigenvalue weighted by Gasteiger charge is -2.00. The van der Waals surface area contributed by atoms with Gasteiger partial charge in [0.25, 0.3) is 0 Å². The van der Waals surface area contributed by atoms with Crippen LogP contribution in [-0.2, 0) is 5.33 Å². The number of phenols is 1. The van der Waals surface area contributed by atoms with E-state index < -0.39 is 0 Å². The van der Waals surface area contributed by atoms with Crippen molar-refractivity contribution in [2.75, 3.05) is 0 Å². The lowest BCUT2D eigenvalue weighted by atomic mass is 10.1. The maximum absolute atomic E-state index is 9.28. The van der Waals surface area contributed by atoms with E-state index in [4.69, 9.17) is 0 Å². The summed E-state index contributed by atoms with van der Waals surface area (Å²) in [4.78, 5) is 0. The summed E-state index contributed by atoms with van der Waals surface area (Å²) >= 11 is 3.40. The first-order valence-corrected chi connectivity index (χ1v) is 5.19. The zero-order valence-electron chi connectivity index (χ0n) is 7.00. The summed E-state index contributed by atoms with van der Waals surface area (Å²) in [5, 5.41) is 12.4. The second kappa shape index (κ2) is 3.38. The van der Waals surface area contributed by atoms with E-state index in [1.165, 1.54) is 5.56 Å². The molecule has 1 N–H and O–H groups in total. The first-order valence-electron chi connectivity index (χ1n) is 4.07. The van der Waals surface area contributed by atoms with Crippen LogP contribution >= 0.6 is 15.9 Å². The number of halogens is 1. The maximum atomic E-state index is 9.28. The number of benzene rings is 2. The molecule has 0 bridgehead atoms. The molecule has 0 heterocycles. The predicted octanol–water partition coefficient (Wildman–Crippen LogP) is 3.44. The van der Waals surface area contributed by atoms with Crippen molar-refractivity contribution < 1.29 is 5.11 Å². The van der Waals surface area contributed by atoms with Crippen LogP contribution in [0.5, 0.6) is 5.75 Å². The van der Waals surface area contributed by atoms with Gasteiger partial charge < -0.3 is 5.11 Å². The second-order valence-electron chi connectivity index (χ2n) is 3.00. The third-order valence-corrected chi connectivity index (χ3v) is 2.69. The van der Waals surface area contributed by atoms with Crippen molar-refractivity contribution in [2.24, 2.45) is 0 Å². The van der Waals surface area contributed by atoms with Crippen molar-refractivity contribution in [1.82, 2.24) is 0 Å². The Bertz CT molecular complexity index is 437. The van der Waals surface area contributed by atoms with Gasteiger partial charge in [-0.25, -0.2) is 0 Å². The van der Waals surface area contributed by atoms with E-state index in [1.54, 1.807) is 12.1 Å². The summed E-state index contributed by atoms with van der Waals surface area (Å²) in [5.41, 5.74) is 1.22. The average molecular weight is 237 g/mol. The third-order valence-electron chi connectivity index (χ3n) is 2.04. The monoisotopic (exact) mass is 236 g/mol. The van der Waals surface area contributed by atoms with Gasteiger partial charge in [-0.2, -0.15) is 0 Å². The van der Waals surface area contributed by atoms with Crippen molar-refractivity contribution in [1.29, 1.82) is 0 Å². The Kier molecular flexibility index (Phi) is 2.23. The first-order chi connectivity index (χ1) is 6.29. The molecule has 0 aliphatic rings. The van der Waals surface area contributed by atoms with E-state index in [9.17, 15) is 5.11 Å². The normalized spacial score (nSPS) is 10.5. The topological polar surface area (TPSA) is 20.2 Å². The van der Waals surface area contributed by atoms with Gasteiger partial charge in [0.1, 0.15) is 5.75 Å². The van der Waals surface area contributed by atoms with Gasteiger partial charge in [-0.15, -0.1) is 0 Å². The summed E-state index contributed by atoms with van der Waals surface area (Å²) < 4.78 is 0. The third kappa shape index (κ3) is 1.68. The molecular formula is C11H9BrO. The Morgan fingerprint density at radius 1 is 1.00 bits per heavy atom. The van der Waals surface area contributed by atoms with Gasteiger partial charge in [0, 0.05) is 5.33 Å². The van der Waals surface area contributed by atoms with Gasteiger partial charge in [0.15, 0.2) is 0 Å². The van der Waals surface area contributed by atoms with Crippen molar-refractivity contribution in [2.45, 2.75) is 5.33 Å². The molecule has 2 aromatic rings. The zero-order chi connectivity index (χ0) is 9.26. The summed E-state index contributed by atoms with van der Waals surface area (Å²) in [6.07, 6.45) is 0. The molecule has 0 amide bonds. The SMILES string of the molecule is Oc1ccc2ccc(CBr)cc2c1. The smallest absolute Gasteiger partial charge is 0.116 e. The van der Waals surface area contributed by atoms with Crippen LogP contribution in [0.1, 0.15) is 5.56 Å². The van der Waals surface area contributed by atoms with Crippen LogP contribution < -0.4 is 0 Å². The van der Waals surface area contributed by atoms with E-state index in [-0.39, 0.29) is 0 Å². The highest BCUT2D eigenvalue weighted by Crippen LogP contribution is 2.21. The van der Waals surface area contributed by atoms with Gasteiger partial charge in [0.05, 0.1) is 0 Å². The van der Waals surface area contributed by atoms with Gasteiger partial charge in [-0.1, -0.05) is 40.2 Å². The van der Waals surface area contributed by atoms with Gasteiger partial charge in [0.2, 0.25) is 0 Å². The van der Waals surface area contributed by atoms with Crippen LogP contribution in [0, 0.1) is 0 Å². The average Bonchev–Trinajstić information content (AvgIpc) is 2.16. The van der Waals surface area contributed by atoms with Crippen LogP contribution in [0.15, 0.2) is 36.4 Å². The summed E-state index contributed by atoms with van der Waals surface area (Å²) in [5.74, 6) is 0.319. The fourth-order valence-corrected chi connectivity index (χ4v) is 1.72. The molecule has 2 aromatic carbocycles. The molecule has 0 aliphatic heterocycles. The number of phenolic OH excluding ortho intramolecular Hbond substituents is 1. The Hall–Kier alpha value is -1.02. The minimum absolute atomic E-state index is 0.319. The minimum atomic E-state index is 0.319. The molecule has 0 saturated carbocycles. The van der Waals surface area contributed by atoms with Crippen molar-refractivity contribution in [3.8, 4) is 5.75 Å². The lowest BCUT2D eigenvalue weighted by molar-refractivity contribution is 0.476. The van der Waals surface area contributed by atoms with E-state index in [0.717, 1.165) is 16.1 Å². The van der Waals surface area contributed by atoms with Crippen LogP contribution in [0.25, 0.3) is 10.8 Å². The highest BCUT2D eigenvalue weighted by molar-refractivity contribution is 9.08. The molecule has 1 nitrogen and oxygen atoms in total. The fraction of sp³-hybridized carbons (Fsp3) is 0.0909. The molecule has 0 saturated heterocycles. The Labute approximate surface area is 85.1 Å². The van der Waals surface area contributed by atoms with Crippen molar-refractivity contribution in [3.05, 3.63) is 42.0 Å². The van der Waals surface area contributed by atoms with E-state index >= 15 is 0 Å². The zero-order valence-corrected chi connectivity index (χ0v) is 8.58. The molecule has 0 unspecified atom stereocenters.